The third-order valence-corrected chi connectivity index (χ3v) is 2.63. The van der Waals surface area contributed by atoms with E-state index in [4.69, 9.17) is 0 Å². The van der Waals surface area contributed by atoms with Gasteiger partial charge in [0.25, 0.3) is 0 Å². The number of unbranched alkanes of at least 4 members (excludes halogenated alkanes) is 1. The molecule has 0 heterocycles. The van der Waals surface area contributed by atoms with Gasteiger partial charge in [-0.05, 0) is 29.0 Å². The summed E-state index contributed by atoms with van der Waals surface area (Å²) in [5.41, 5.74) is 2.72. The van der Waals surface area contributed by atoms with E-state index < -0.39 is 0 Å². The molecule has 0 spiro atoms. The summed E-state index contributed by atoms with van der Waals surface area (Å²) in [6, 6.07) is 10.5. The zero-order valence-corrected chi connectivity index (χ0v) is 9.55. The third kappa shape index (κ3) is 3.35. The van der Waals surface area contributed by atoms with E-state index in [0.717, 1.165) is 6.42 Å². The number of allylic oxidation sites excluding steroid dienone is 1. The highest BCUT2D eigenvalue weighted by molar-refractivity contribution is 9.11. The SMILES string of the molecule is CCCCC(=CBr)c1ccccc1. The van der Waals surface area contributed by atoms with E-state index in [1.807, 2.05) is 4.99 Å². The summed E-state index contributed by atoms with van der Waals surface area (Å²) < 4.78 is 0. The monoisotopic (exact) mass is 238 g/mol. The first-order valence-electron chi connectivity index (χ1n) is 4.73. The van der Waals surface area contributed by atoms with Crippen LogP contribution in [0.2, 0.25) is 0 Å². The Bertz CT molecular complexity index is 262. The third-order valence-electron chi connectivity index (χ3n) is 2.08. The van der Waals surface area contributed by atoms with E-state index >= 15 is 0 Å². The molecule has 0 radical (unpaired) electrons. The zero-order chi connectivity index (χ0) is 9.52. The summed E-state index contributed by atoms with van der Waals surface area (Å²) >= 11 is 3.42. The van der Waals surface area contributed by atoms with E-state index in [1.165, 1.54) is 24.0 Å². The lowest BCUT2D eigenvalue weighted by atomic mass is 10.0. The van der Waals surface area contributed by atoms with Gasteiger partial charge in [-0.1, -0.05) is 59.6 Å². The fourth-order valence-electron chi connectivity index (χ4n) is 1.28. The van der Waals surface area contributed by atoms with Gasteiger partial charge >= 0.3 is 0 Å². The Morgan fingerprint density at radius 1 is 1.31 bits per heavy atom. The Kier molecular flexibility index (Phi) is 4.84. The molecule has 0 bridgehead atoms. The predicted molar refractivity (Wildman–Crippen MR) is 62.9 cm³/mol. The van der Waals surface area contributed by atoms with Crippen LogP contribution in [0.4, 0.5) is 0 Å². The number of benzene rings is 1. The molecule has 0 aliphatic rings. The van der Waals surface area contributed by atoms with Crippen LogP contribution in [0.1, 0.15) is 31.7 Å². The highest BCUT2D eigenvalue weighted by Crippen LogP contribution is 2.21. The van der Waals surface area contributed by atoms with Crippen molar-refractivity contribution < 1.29 is 0 Å². The van der Waals surface area contributed by atoms with E-state index in [2.05, 4.69) is 53.2 Å². The lowest BCUT2D eigenvalue weighted by molar-refractivity contribution is 0.825. The van der Waals surface area contributed by atoms with Gasteiger partial charge in [0.1, 0.15) is 0 Å². The average Bonchev–Trinajstić information content (AvgIpc) is 2.21. The van der Waals surface area contributed by atoms with Crippen LogP contribution in [0.3, 0.4) is 0 Å². The fraction of sp³-hybridized carbons (Fsp3) is 0.333. The molecule has 0 aromatic heterocycles. The standard InChI is InChI=1S/C12H15Br/c1-2-3-7-12(10-13)11-8-5-4-6-9-11/h4-6,8-10H,2-3,7H2,1H3. The molecule has 0 unspecified atom stereocenters. The molecule has 0 saturated heterocycles. The molecule has 0 N–H and O–H groups in total. The summed E-state index contributed by atoms with van der Waals surface area (Å²) in [5, 5.41) is 0. The largest absolute Gasteiger partial charge is 0.0654 e. The van der Waals surface area contributed by atoms with Gasteiger partial charge < -0.3 is 0 Å². The van der Waals surface area contributed by atoms with Crippen LogP contribution in [0.15, 0.2) is 35.3 Å². The second kappa shape index (κ2) is 5.98. The lowest BCUT2D eigenvalue weighted by Gasteiger charge is -2.04. The Labute approximate surface area is 88.8 Å². The smallest absolute Gasteiger partial charge is 0.0151 e. The van der Waals surface area contributed by atoms with Crippen LogP contribution < -0.4 is 0 Å². The van der Waals surface area contributed by atoms with Gasteiger partial charge in [-0.2, -0.15) is 0 Å². The fourth-order valence-corrected chi connectivity index (χ4v) is 1.77. The predicted octanol–water partition coefficient (Wildman–Crippen LogP) is 4.61. The first kappa shape index (κ1) is 10.5. The summed E-state index contributed by atoms with van der Waals surface area (Å²) in [6.45, 7) is 2.22. The first-order valence-corrected chi connectivity index (χ1v) is 5.64. The second-order valence-electron chi connectivity index (χ2n) is 3.10. The summed E-state index contributed by atoms with van der Waals surface area (Å²) in [6.07, 6.45) is 3.66. The quantitative estimate of drug-likeness (QED) is 0.719. The summed E-state index contributed by atoms with van der Waals surface area (Å²) in [5.74, 6) is 0. The molecule has 1 aromatic carbocycles. The first-order chi connectivity index (χ1) is 6.38. The Balaban J connectivity index is 2.69. The van der Waals surface area contributed by atoms with Crippen LogP contribution in [0.25, 0.3) is 5.57 Å². The van der Waals surface area contributed by atoms with E-state index in [0.29, 0.717) is 0 Å². The molecule has 13 heavy (non-hydrogen) atoms. The maximum Gasteiger partial charge on any atom is -0.0151 e. The van der Waals surface area contributed by atoms with Gasteiger partial charge in [-0.25, -0.2) is 0 Å². The number of hydrogen-bond acceptors (Lipinski definition) is 0. The molecule has 0 atom stereocenters. The maximum absolute atomic E-state index is 3.42. The molecule has 1 aromatic rings. The number of halogens is 1. The Morgan fingerprint density at radius 2 is 2.00 bits per heavy atom. The van der Waals surface area contributed by atoms with Gasteiger partial charge in [-0.3, -0.25) is 0 Å². The molecule has 0 aliphatic carbocycles. The minimum Gasteiger partial charge on any atom is -0.0654 e. The van der Waals surface area contributed by atoms with Gasteiger partial charge in [0.2, 0.25) is 0 Å². The molecule has 0 amide bonds. The van der Waals surface area contributed by atoms with Crippen molar-refractivity contribution in [3.8, 4) is 0 Å². The van der Waals surface area contributed by atoms with Crippen molar-refractivity contribution in [2.45, 2.75) is 26.2 Å². The van der Waals surface area contributed by atoms with E-state index in [9.17, 15) is 0 Å². The van der Waals surface area contributed by atoms with Crippen LogP contribution in [0.5, 0.6) is 0 Å². The minimum absolute atomic E-state index is 1.16. The van der Waals surface area contributed by atoms with E-state index in [-0.39, 0.29) is 0 Å². The van der Waals surface area contributed by atoms with Crippen LogP contribution in [-0.2, 0) is 0 Å². The average molecular weight is 239 g/mol. The van der Waals surface area contributed by atoms with Crippen molar-refractivity contribution in [1.29, 1.82) is 0 Å². The van der Waals surface area contributed by atoms with E-state index in [1.54, 1.807) is 0 Å². The maximum atomic E-state index is 3.42. The Morgan fingerprint density at radius 3 is 2.54 bits per heavy atom. The van der Waals surface area contributed by atoms with Crippen molar-refractivity contribution in [3.05, 3.63) is 40.9 Å². The van der Waals surface area contributed by atoms with Gasteiger partial charge in [0.05, 0.1) is 0 Å². The second-order valence-corrected chi connectivity index (χ2v) is 3.56. The summed E-state index contributed by atoms with van der Waals surface area (Å²) in [4.78, 5) is 2.04. The Hall–Kier alpha value is -0.560. The van der Waals surface area contributed by atoms with Crippen LogP contribution in [-0.4, -0.2) is 0 Å². The highest BCUT2D eigenvalue weighted by Gasteiger charge is 1.98. The molecule has 0 aliphatic heterocycles. The van der Waals surface area contributed by atoms with Crippen molar-refractivity contribution >= 4 is 21.5 Å². The molecule has 0 saturated carbocycles. The molecule has 1 rings (SSSR count). The normalized spacial score (nSPS) is 11.7. The topological polar surface area (TPSA) is 0 Å². The van der Waals surface area contributed by atoms with Crippen LogP contribution >= 0.6 is 15.9 Å². The lowest BCUT2D eigenvalue weighted by Crippen LogP contribution is -1.83. The van der Waals surface area contributed by atoms with Crippen LogP contribution in [0, 0.1) is 0 Å². The molecule has 1 heteroatoms. The van der Waals surface area contributed by atoms with Gasteiger partial charge in [-0.15, -0.1) is 0 Å². The highest BCUT2D eigenvalue weighted by atomic mass is 79.9. The number of hydrogen-bond donors (Lipinski definition) is 0. The molecule has 0 fully saturated rings. The molecule has 0 nitrogen and oxygen atoms in total. The van der Waals surface area contributed by atoms with Crippen molar-refractivity contribution in [2.75, 3.05) is 0 Å². The minimum atomic E-state index is 1.16. The number of rotatable bonds is 4. The van der Waals surface area contributed by atoms with Gasteiger partial charge in [0.15, 0.2) is 0 Å². The summed E-state index contributed by atoms with van der Waals surface area (Å²) in [7, 11) is 0. The van der Waals surface area contributed by atoms with Crippen molar-refractivity contribution in [1.82, 2.24) is 0 Å². The molecule has 70 valence electrons. The van der Waals surface area contributed by atoms with Crippen molar-refractivity contribution in [2.24, 2.45) is 0 Å². The van der Waals surface area contributed by atoms with Gasteiger partial charge in [0, 0.05) is 0 Å². The molecular formula is C12H15Br. The van der Waals surface area contributed by atoms with Crippen molar-refractivity contribution in [3.63, 3.8) is 0 Å². The zero-order valence-electron chi connectivity index (χ0n) is 7.96. The molecular weight excluding hydrogens is 224 g/mol.